The first-order valence-electron chi connectivity index (χ1n) is 8.67. The van der Waals surface area contributed by atoms with Crippen LogP contribution in [0.1, 0.15) is 54.9 Å². The zero-order chi connectivity index (χ0) is 16.7. The summed E-state index contributed by atoms with van der Waals surface area (Å²) < 4.78 is 15.3. The summed E-state index contributed by atoms with van der Waals surface area (Å²) in [5.41, 5.74) is 1.04. The Labute approximate surface area is 141 Å². The van der Waals surface area contributed by atoms with E-state index in [1.165, 1.54) is 31.4 Å². The van der Waals surface area contributed by atoms with Gasteiger partial charge >= 0.3 is 0 Å². The summed E-state index contributed by atoms with van der Waals surface area (Å²) in [5, 5.41) is 18.9. The van der Waals surface area contributed by atoms with E-state index in [4.69, 9.17) is 0 Å². The van der Waals surface area contributed by atoms with E-state index >= 15 is 0 Å². The van der Waals surface area contributed by atoms with Gasteiger partial charge in [-0.3, -0.25) is 4.90 Å². The molecule has 1 saturated carbocycles. The van der Waals surface area contributed by atoms with Crippen molar-refractivity contribution >= 4 is 0 Å². The van der Waals surface area contributed by atoms with Gasteiger partial charge in [0.2, 0.25) is 0 Å². The first-order valence-corrected chi connectivity index (χ1v) is 8.67. The van der Waals surface area contributed by atoms with Crippen LogP contribution in [0.25, 0.3) is 0 Å². The number of nitrogens with zero attached hydrogens (tertiary/aromatic N) is 4. The molecule has 1 aromatic heterocycles. The van der Waals surface area contributed by atoms with Crippen LogP contribution >= 0.6 is 0 Å². The van der Waals surface area contributed by atoms with Gasteiger partial charge < -0.3 is 9.67 Å². The monoisotopic (exact) mass is 330 g/mol. The Kier molecular flexibility index (Phi) is 4.10. The predicted molar refractivity (Wildman–Crippen MR) is 87.8 cm³/mol. The standard InChI is InChI=1S/C18H23FN4O/c1-22-17(20-21-18(22)13-3-2-4-13)11-23-10-15(24)9-16(23)12-5-7-14(19)8-6-12/h5-8,13,15-16,24H,2-4,9-11H2,1H3/t15-,16+/m1/s1. The molecule has 2 atom stereocenters. The molecule has 5 nitrogen and oxygen atoms in total. The van der Waals surface area contributed by atoms with E-state index in [0.29, 0.717) is 25.4 Å². The molecule has 2 aromatic rings. The number of hydrogen-bond acceptors (Lipinski definition) is 4. The van der Waals surface area contributed by atoms with E-state index in [1.54, 1.807) is 0 Å². The van der Waals surface area contributed by atoms with Crippen LogP contribution in [0, 0.1) is 5.82 Å². The van der Waals surface area contributed by atoms with E-state index in [9.17, 15) is 9.50 Å². The van der Waals surface area contributed by atoms with Gasteiger partial charge in [-0.2, -0.15) is 0 Å². The number of halogens is 1. The summed E-state index contributed by atoms with van der Waals surface area (Å²) in [4.78, 5) is 2.21. The molecule has 24 heavy (non-hydrogen) atoms. The van der Waals surface area contributed by atoms with E-state index in [1.807, 2.05) is 19.2 Å². The fourth-order valence-corrected chi connectivity index (χ4v) is 3.80. The number of aromatic nitrogens is 3. The quantitative estimate of drug-likeness (QED) is 0.936. The van der Waals surface area contributed by atoms with Crippen molar-refractivity contribution in [1.82, 2.24) is 19.7 Å². The maximum absolute atomic E-state index is 13.2. The summed E-state index contributed by atoms with van der Waals surface area (Å²) in [5.74, 6) is 2.32. The minimum absolute atomic E-state index is 0.0875. The highest BCUT2D eigenvalue weighted by molar-refractivity contribution is 5.21. The highest BCUT2D eigenvalue weighted by atomic mass is 19.1. The second-order valence-electron chi connectivity index (χ2n) is 7.05. The molecule has 4 rings (SSSR count). The molecule has 0 spiro atoms. The Morgan fingerprint density at radius 2 is 1.96 bits per heavy atom. The minimum atomic E-state index is -0.362. The molecule has 1 aliphatic heterocycles. The molecular formula is C18H23FN4O. The lowest BCUT2D eigenvalue weighted by molar-refractivity contribution is 0.170. The van der Waals surface area contributed by atoms with Crippen molar-refractivity contribution in [2.24, 2.45) is 7.05 Å². The maximum Gasteiger partial charge on any atom is 0.146 e. The molecule has 2 aliphatic rings. The van der Waals surface area contributed by atoms with Crippen LogP contribution in [0.5, 0.6) is 0 Å². The molecule has 0 unspecified atom stereocenters. The van der Waals surface area contributed by atoms with Gasteiger partial charge in [0.15, 0.2) is 0 Å². The van der Waals surface area contributed by atoms with Gasteiger partial charge in [-0.1, -0.05) is 18.6 Å². The highest BCUT2D eigenvalue weighted by Gasteiger charge is 2.33. The maximum atomic E-state index is 13.2. The van der Waals surface area contributed by atoms with Crippen LogP contribution in [0.4, 0.5) is 4.39 Å². The van der Waals surface area contributed by atoms with Crippen LogP contribution in [0.15, 0.2) is 24.3 Å². The molecule has 1 saturated heterocycles. The molecule has 2 heterocycles. The molecular weight excluding hydrogens is 307 g/mol. The number of β-amino-alcohol motifs (C(OH)–C–C–N with tert-alkyl or cyclic N) is 1. The molecule has 1 aliphatic carbocycles. The van der Waals surface area contributed by atoms with Crippen molar-refractivity contribution in [3.05, 3.63) is 47.3 Å². The summed E-state index contributed by atoms with van der Waals surface area (Å²) in [6.45, 7) is 1.25. The number of aliphatic hydroxyl groups is 1. The second kappa shape index (κ2) is 6.26. The van der Waals surface area contributed by atoms with Gasteiger partial charge in [0.05, 0.1) is 12.6 Å². The third-order valence-electron chi connectivity index (χ3n) is 5.45. The van der Waals surface area contributed by atoms with Crippen LogP contribution in [-0.2, 0) is 13.6 Å². The average molecular weight is 330 g/mol. The summed E-state index contributed by atoms with van der Waals surface area (Å²) in [6.07, 6.45) is 3.98. The Bertz CT molecular complexity index is 710. The van der Waals surface area contributed by atoms with E-state index < -0.39 is 0 Å². The fraction of sp³-hybridized carbons (Fsp3) is 0.556. The lowest BCUT2D eigenvalue weighted by Gasteiger charge is -2.26. The van der Waals surface area contributed by atoms with E-state index in [0.717, 1.165) is 17.2 Å². The van der Waals surface area contributed by atoms with E-state index in [2.05, 4.69) is 19.7 Å². The number of likely N-dealkylation sites (tertiary alicyclic amines) is 1. The first-order chi connectivity index (χ1) is 11.6. The van der Waals surface area contributed by atoms with Gasteiger partial charge in [-0.05, 0) is 37.0 Å². The van der Waals surface area contributed by atoms with Crippen molar-refractivity contribution in [1.29, 1.82) is 0 Å². The third-order valence-corrected chi connectivity index (χ3v) is 5.45. The van der Waals surface area contributed by atoms with Crippen LogP contribution in [0.3, 0.4) is 0 Å². The van der Waals surface area contributed by atoms with Gasteiger partial charge in [0, 0.05) is 25.6 Å². The Balaban J connectivity index is 1.54. The minimum Gasteiger partial charge on any atom is -0.392 e. The highest BCUT2D eigenvalue weighted by Crippen LogP contribution is 2.36. The largest absolute Gasteiger partial charge is 0.392 e. The zero-order valence-corrected chi connectivity index (χ0v) is 13.9. The van der Waals surface area contributed by atoms with Crippen molar-refractivity contribution in [2.75, 3.05) is 6.54 Å². The molecule has 1 N–H and O–H groups in total. The van der Waals surface area contributed by atoms with Gasteiger partial charge in [0.25, 0.3) is 0 Å². The van der Waals surface area contributed by atoms with Gasteiger partial charge in [-0.15, -0.1) is 10.2 Å². The van der Waals surface area contributed by atoms with Crippen LogP contribution < -0.4 is 0 Å². The van der Waals surface area contributed by atoms with E-state index in [-0.39, 0.29) is 18.0 Å². The number of rotatable bonds is 4. The fourth-order valence-electron chi connectivity index (χ4n) is 3.80. The Hall–Kier alpha value is -1.79. The smallest absolute Gasteiger partial charge is 0.146 e. The average Bonchev–Trinajstić information content (AvgIpc) is 3.04. The Morgan fingerprint density at radius 1 is 1.21 bits per heavy atom. The molecule has 2 fully saturated rings. The van der Waals surface area contributed by atoms with Gasteiger partial charge in [-0.25, -0.2) is 4.39 Å². The predicted octanol–water partition coefficient (Wildman–Crippen LogP) is 2.53. The normalized spacial score (nSPS) is 25.1. The molecule has 0 radical (unpaired) electrons. The summed E-state index contributed by atoms with van der Waals surface area (Å²) in [7, 11) is 2.03. The number of hydrogen-bond donors (Lipinski definition) is 1. The molecule has 128 valence electrons. The van der Waals surface area contributed by atoms with Crippen LogP contribution in [0.2, 0.25) is 0 Å². The van der Waals surface area contributed by atoms with Crippen molar-refractivity contribution in [3.8, 4) is 0 Å². The lowest BCUT2D eigenvalue weighted by atomic mass is 9.85. The van der Waals surface area contributed by atoms with Crippen LogP contribution in [-0.4, -0.2) is 37.4 Å². The Morgan fingerprint density at radius 3 is 2.62 bits per heavy atom. The topological polar surface area (TPSA) is 54.2 Å². The summed E-state index contributed by atoms with van der Waals surface area (Å²) >= 11 is 0. The molecule has 6 heteroatoms. The van der Waals surface area contributed by atoms with Gasteiger partial charge in [0.1, 0.15) is 17.5 Å². The lowest BCUT2D eigenvalue weighted by Crippen LogP contribution is -2.26. The number of benzene rings is 1. The molecule has 1 aromatic carbocycles. The SMILES string of the molecule is Cn1c(CN2C[C@H](O)C[C@H]2c2ccc(F)cc2)nnc1C1CCC1. The van der Waals surface area contributed by atoms with Crippen molar-refractivity contribution in [2.45, 2.75) is 50.3 Å². The third kappa shape index (κ3) is 2.84. The second-order valence-corrected chi connectivity index (χ2v) is 7.05. The summed E-state index contributed by atoms with van der Waals surface area (Å²) in [6, 6.07) is 6.66. The number of aliphatic hydroxyl groups excluding tert-OH is 1. The molecule has 0 amide bonds. The van der Waals surface area contributed by atoms with Crippen molar-refractivity contribution in [3.63, 3.8) is 0 Å². The van der Waals surface area contributed by atoms with Crippen molar-refractivity contribution < 1.29 is 9.50 Å². The zero-order valence-electron chi connectivity index (χ0n) is 13.9. The molecule has 0 bridgehead atoms. The first kappa shape index (κ1) is 15.7.